The van der Waals surface area contributed by atoms with E-state index in [-0.39, 0.29) is 11.7 Å². The first-order chi connectivity index (χ1) is 9.79. The number of hydrogen-bond donors (Lipinski definition) is 0. The molecule has 0 aliphatic heterocycles. The van der Waals surface area contributed by atoms with Crippen LogP contribution in [0.3, 0.4) is 0 Å². The first-order valence-electron chi connectivity index (χ1n) is 5.85. The van der Waals surface area contributed by atoms with Crippen molar-refractivity contribution in [1.29, 1.82) is 0 Å². The van der Waals surface area contributed by atoms with Crippen molar-refractivity contribution < 1.29 is 4.39 Å². The lowest BCUT2D eigenvalue weighted by Gasteiger charge is -2.02. The highest BCUT2D eigenvalue weighted by atomic mass is 35.5. The predicted molar refractivity (Wildman–Crippen MR) is 71.9 cm³/mol. The molecule has 3 aromatic rings. The van der Waals surface area contributed by atoms with Gasteiger partial charge in [0.05, 0.1) is 5.88 Å². The van der Waals surface area contributed by atoms with E-state index in [9.17, 15) is 4.39 Å². The van der Waals surface area contributed by atoms with Crippen LogP contribution in [-0.4, -0.2) is 25.2 Å². The summed E-state index contributed by atoms with van der Waals surface area (Å²) in [5.41, 5.74) is 1.14. The maximum absolute atomic E-state index is 14.1. The fraction of sp³-hybridized carbons (Fsp3) is 0.0769. The van der Waals surface area contributed by atoms with Gasteiger partial charge in [-0.2, -0.15) is 0 Å². The average molecular weight is 290 g/mol. The van der Waals surface area contributed by atoms with Gasteiger partial charge in [-0.15, -0.1) is 26.6 Å². The molecule has 0 aliphatic rings. The van der Waals surface area contributed by atoms with Gasteiger partial charge in [0, 0.05) is 17.3 Å². The summed E-state index contributed by atoms with van der Waals surface area (Å²) < 4.78 is 14.1. The Kier molecular flexibility index (Phi) is 3.39. The van der Waals surface area contributed by atoms with Crippen LogP contribution < -0.4 is 0 Å². The monoisotopic (exact) mass is 289 g/mol. The second-order valence-electron chi connectivity index (χ2n) is 4.01. The summed E-state index contributed by atoms with van der Waals surface area (Å²) in [5.74, 6) is -0.0953. The quantitative estimate of drug-likeness (QED) is 0.696. The number of rotatable bonds is 3. The van der Waals surface area contributed by atoms with Crippen LogP contribution in [0, 0.1) is 5.82 Å². The van der Waals surface area contributed by atoms with Gasteiger partial charge in [-0.3, -0.25) is 0 Å². The first-order valence-corrected chi connectivity index (χ1v) is 6.38. The van der Waals surface area contributed by atoms with Gasteiger partial charge in [-0.1, -0.05) is 30.3 Å². The molecule has 7 heteroatoms. The number of benzene rings is 1. The first kappa shape index (κ1) is 12.7. The number of tetrazole rings is 1. The molecular weight excluding hydrogens is 281 g/mol. The van der Waals surface area contributed by atoms with Crippen molar-refractivity contribution in [1.82, 2.24) is 25.2 Å². The van der Waals surface area contributed by atoms with Crippen molar-refractivity contribution in [3.05, 3.63) is 54.0 Å². The van der Waals surface area contributed by atoms with Gasteiger partial charge in [-0.05, 0) is 11.3 Å². The van der Waals surface area contributed by atoms with E-state index in [2.05, 4.69) is 20.4 Å². The van der Waals surface area contributed by atoms with E-state index in [4.69, 9.17) is 11.6 Å². The number of hydrogen-bond acceptors (Lipinski definition) is 4. The molecule has 3 rings (SSSR count). The van der Waals surface area contributed by atoms with Gasteiger partial charge >= 0.3 is 0 Å². The van der Waals surface area contributed by atoms with E-state index >= 15 is 0 Å². The normalized spacial score (nSPS) is 10.7. The Balaban J connectivity index is 2.03. The van der Waals surface area contributed by atoms with E-state index < -0.39 is 5.82 Å². The van der Waals surface area contributed by atoms with Gasteiger partial charge in [0.2, 0.25) is 11.6 Å². The molecule has 1 aromatic carbocycles. The summed E-state index contributed by atoms with van der Waals surface area (Å²) in [4.78, 5) is 4.99. The predicted octanol–water partition coefficient (Wildman–Crippen LogP) is 2.60. The van der Waals surface area contributed by atoms with E-state index in [1.165, 1.54) is 12.3 Å². The van der Waals surface area contributed by atoms with Gasteiger partial charge < -0.3 is 0 Å². The topological polar surface area (TPSA) is 56.5 Å². The van der Waals surface area contributed by atoms with Crippen LogP contribution in [-0.2, 0) is 5.88 Å². The number of nitrogens with zero attached hydrogens (tertiary/aromatic N) is 5. The second kappa shape index (κ2) is 5.34. The fourth-order valence-corrected chi connectivity index (χ4v) is 1.93. The Morgan fingerprint density at radius 2 is 1.95 bits per heavy atom. The summed E-state index contributed by atoms with van der Waals surface area (Å²) in [6.07, 6.45) is 1.46. The van der Waals surface area contributed by atoms with Crippen LogP contribution in [0.2, 0.25) is 0 Å². The molecule has 2 aromatic heterocycles. The smallest absolute Gasteiger partial charge is 0.212 e. The molecule has 100 valence electrons. The van der Waals surface area contributed by atoms with E-state index in [0.29, 0.717) is 11.4 Å². The third-order valence-electron chi connectivity index (χ3n) is 2.73. The maximum atomic E-state index is 14.1. The van der Waals surface area contributed by atoms with Gasteiger partial charge in [0.25, 0.3) is 0 Å². The molecule has 0 saturated heterocycles. The van der Waals surface area contributed by atoms with Crippen LogP contribution in [0.4, 0.5) is 4.39 Å². The lowest BCUT2D eigenvalue weighted by Crippen LogP contribution is -2.06. The molecule has 0 unspecified atom stereocenters. The zero-order valence-electron chi connectivity index (χ0n) is 10.2. The molecule has 0 fully saturated rings. The number of alkyl halides is 1. The molecule has 0 bridgehead atoms. The summed E-state index contributed by atoms with van der Waals surface area (Å²) in [7, 11) is 0. The van der Waals surface area contributed by atoms with Crippen molar-refractivity contribution >= 4 is 11.6 Å². The zero-order valence-corrected chi connectivity index (χ0v) is 11.0. The maximum Gasteiger partial charge on any atom is 0.212 e. The lowest BCUT2D eigenvalue weighted by molar-refractivity contribution is 0.570. The molecule has 0 atom stereocenters. The van der Waals surface area contributed by atoms with E-state index in [1.54, 1.807) is 0 Å². The molecule has 5 nitrogen and oxygen atoms in total. The Morgan fingerprint density at radius 1 is 1.15 bits per heavy atom. The van der Waals surface area contributed by atoms with Crippen LogP contribution in [0.1, 0.15) is 5.56 Å². The SMILES string of the molecule is Fc1c(CCl)ccnc1-n1nnc(-c2ccccc2)n1. The summed E-state index contributed by atoms with van der Waals surface area (Å²) in [6, 6.07) is 10.8. The standard InChI is InChI=1S/C13H9ClFN5/c14-8-10-6-7-16-13(11(10)15)20-18-12(17-19-20)9-4-2-1-3-5-9/h1-7H,8H2. The van der Waals surface area contributed by atoms with E-state index in [0.717, 1.165) is 10.4 Å². The summed E-state index contributed by atoms with van der Waals surface area (Å²) >= 11 is 5.66. The minimum Gasteiger partial charge on any atom is -0.233 e. The molecule has 0 radical (unpaired) electrons. The van der Waals surface area contributed by atoms with Crippen LogP contribution in [0.5, 0.6) is 0 Å². The fourth-order valence-electron chi connectivity index (χ4n) is 1.72. The number of halogens is 2. The van der Waals surface area contributed by atoms with Crippen molar-refractivity contribution in [2.45, 2.75) is 5.88 Å². The Bertz CT molecular complexity index is 729. The number of pyridine rings is 1. The number of aromatic nitrogens is 5. The largest absolute Gasteiger partial charge is 0.233 e. The molecular formula is C13H9ClFN5. The Hall–Kier alpha value is -2.34. The van der Waals surface area contributed by atoms with Gasteiger partial charge in [-0.25, -0.2) is 9.37 Å². The van der Waals surface area contributed by atoms with Crippen LogP contribution >= 0.6 is 11.6 Å². The van der Waals surface area contributed by atoms with Crippen molar-refractivity contribution in [2.24, 2.45) is 0 Å². The average Bonchev–Trinajstić information content (AvgIpc) is 2.98. The van der Waals surface area contributed by atoms with Crippen molar-refractivity contribution in [2.75, 3.05) is 0 Å². The zero-order chi connectivity index (χ0) is 13.9. The molecule has 0 N–H and O–H groups in total. The highest BCUT2D eigenvalue weighted by Crippen LogP contribution is 2.17. The third kappa shape index (κ3) is 2.25. The third-order valence-corrected chi connectivity index (χ3v) is 3.02. The summed E-state index contributed by atoms with van der Waals surface area (Å²) in [6.45, 7) is 0. The Morgan fingerprint density at radius 3 is 2.70 bits per heavy atom. The van der Waals surface area contributed by atoms with Crippen LogP contribution in [0.15, 0.2) is 42.6 Å². The second-order valence-corrected chi connectivity index (χ2v) is 4.28. The lowest BCUT2D eigenvalue weighted by atomic mass is 10.2. The minimum atomic E-state index is -0.542. The van der Waals surface area contributed by atoms with E-state index in [1.807, 2.05) is 30.3 Å². The Labute approximate surface area is 119 Å². The van der Waals surface area contributed by atoms with Crippen LogP contribution in [0.25, 0.3) is 17.2 Å². The highest BCUT2D eigenvalue weighted by Gasteiger charge is 2.14. The minimum absolute atomic E-state index is 0.0159. The molecule has 0 aliphatic carbocycles. The molecule has 20 heavy (non-hydrogen) atoms. The molecule has 0 saturated carbocycles. The van der Waals surface area contributed by atoms with Gasteiger partial charge in [0.15, 0.2) is 5.82 Å². The summed E-state index contributed by atoms with van der Waals surface area (Å²) in [5, 5.41) is 11.9. The molecule has 2 heterocycles. The van der Waals surface area contributed by atoms with Crippen molar-refractivity contribution in [3.63, 3.8) is 0 Å². The van der Waals surface area contributed by atoms with Crippen molar-refractivity contribution in [3.8, 4) is 17.2 Å². The molecule has 0 spiro atoms. The van der Waals surface area contributed by atoms with Gasteiger partial charge in [0.1, 0.15) is 0 Å². The molecule has 0 amide bonds. The highest BCUT2D eigenvalue weighted by molar-refractivity contribution is 6.17.